The summed E-state index contributed by atoms with van der Waals surface area (Å²) in [6.07, 6.45) is 1.13. The van der Waals surface area contributed by atoms with Gasteiger partial charge in [-0.25, -0.2) is 8.42 Å². The van der Waals surface area contributed by atoms with Crippen molar-refractivity contribution < 1.29 is 17.6 Å². The van der Waals surface area contributed by atoms with Gasteiger partial charge in [-0.2, -0.15) is 0 Å². The molecule has 0 spiro atoms. The van der Waals surface area contributed by atoms with Gasteiger partial charge in [-0.1, -0.05) is 18.2 Å². The number of benzene rings is 1. The van der Waals surface area contributed by atoms with E-state index in [1.807, 2.05) is 0 Å². The van der Waals surface area contributed by atoms with E-state index in [9.17, 15) is 13.2 Å². The smallest absolute Gasteiger partial charge is 0.285 e. The molecule has 6 heteroatoms. The van der Waals surface area contributed by atoms with Gasteiger partial charge in [0.25, 0.3) is 5.91 Å². The van der Waals surface area contributed by atoms with E-state index < -0.39 is 15.7 Å². The number of primary amides is 1. The molecule has 1 heterocycles. The van der Waals surface area contributed by atoms with Crippen LogP contribution in [0.2, 0.25) is 0 Å². The Morgan fingerprint density at radius 1 is 1.17 bits per heavy atom. The minimum absolute atomic E-state index is 0.133. The Kier molecular flexibility index (Phi) is 2.96. The molecule has 2 aromatic rings. The lowest BCUT2D eigenvalue weighted by molar-refractivity contribution is 0.0969. The molecule has 0 aliphatic rings. The SMILES string of the molecule is Cc1ccccc1S(=O)(=O)c1ccoc1C(N)=O. The van der Waals surface area contributed by atoms with E-state index in [0.717, 1.165) is 6.26 Å². The molecule has 1 aromatic heterocycles. The van der Waals surface area contributed by atoms with Crippen molar-refractivity contribution >= 4 is 15.7 Å². The molecule has 2 N–H and O–H groups in total. The number of furan rings is 1. The van der Waals surface area contributed by atoms with E-state index in [0.29, 0.717) is 5.56 Å². The van der Waals surface area contributed by atoms with Gasteiger partial charge in [-0.05, 0) is 24.6 Å². The summed E-state index contributed by atoms with van der Waals surface area (Å²) < 4.78 is 29.6. The lowest BCUT2D eigenvalue weighted by atomic mass is 10.2. The van der Waals surface area contributed by atoms with Crippen LogP contribution in [0.15, 0.2) is 50.8 Å². The topological polar surface area (TPSA) is 90.4 Å². The van der Waals surface area contributed by atoms with Gasteiger partial charge in [0, 0.05) is 0 Å². The van der Waals surface area contributed by atoms with Crippen molar-refractivity contribution in [2.24, 2.45) is 5.73 Å². The van der Waals surface area contributed by atoms with Gasteiger partial charge in [0.15, 0.2) is 0 Å². The Morgan fingerprint density at radius 3 is 2.44 bits per heavy atom. The van der Waals surface area contributed by atoms with Gasteiger partial charge in [0.1, 0.15) is 4.90 Å². The first kappa shape index (κ1) is 12.4. The molecule has 0 aliphatic heterocycles. The van der Waals surface area contributed by atoms with Gasteiger partial charge in [-0.3, -0.25) is 4.79 Å². The molecule has 0 fully saturated rings. The van der Waals surface area contributed by atoms with Gasteiger partial charge in [-0.15, -0.1) is 0 Å². The number of hydrogen-bond donors (Lipinski definition) is 1. The average Bonchev–Trinajstić information content (AvgIpc) is 2.78. The third-order valence-corrected chi connectivity index (χ3v) is 4.46. The first-order chi connectivity index (χ1) is 8.44. The zero-order valence-electron chi connectivity index (χ0n) is 9.58. The number of sulfone groups is 1. The monoisotopic (exact) mass is 265 g/mol. The molecular weight excluding hydrogens is 254 g/mol. The van der Waals surface area contributed by atoms with Crippen LogP contribution in [-0.2, 0) is 9.84 Å². The van der Waals surface area contributed by atoms with Crippen LogP contribution in [-0.4, -0.2) is 14.3 Å². The van der Waals surface area contributed by atoms with E-state index in [4.69, 9.17) is 10.2 Å². The molecule has 2 rings (SSSR count). The van der Waals surface area contributed by atoms with Crippen molar-refractivity contribution in [2.75, 3.05) is 0 Å². The van der Waals surface area contributed by atoms with Crippen LogP contribution in [0.3, 0.4) is 0 Å². The van der Waals surface area contributed by atoms with E-state index in [1.165, 1.54) is 12.1 Å². The van der Waals surface area contributed by atoms with E-state index in [-0.39, 0.29) is 15.6 Å². The zero-order chi connectivity index (χ0) is 13.3. The molecule has 94 valence electrons. The number of nitrogens with two attached hydrogens (primary N) is 1. The second-order valence-corrected chi connectivity index (χ2v) is 5.63. The third-order valence-electron chi connectivity index (χ3n) is 2.53. The lowest BCUT2D eigenvalue weighted by Gasteiger charge is -2.06. The maximum atomic E-state index is 12.4. The first-order valence-electron chi connectivity index (χ1n) is 5.12. The molecule has 1 amide bonds. The predicted octanol–water partition coefficient (Wildman–Crippen LogP) is 1.52. The summed E-state index contributed by atoms with van der Waals surface area (Å²) in [5, 5.41) is 0. The maximum absolute atomic E-state index is 12.4. The first-order valence-corrected chi connectivity index (χ1v) is 6.61. The van der Waals surface area contributed by atoms with Crippen molar-refractivity contribution in [3.63, 3.8) is 0 Å². The number of aryl methyl sites for hydroxylation is 1. The Hall–Kier alpha value is -2.08. The lowest BCUT2D eigenvalue weighted by Crippen LogP contribution is -2.15. The molecule has 0 atom stereocenters. The summed E-state index contributed by atoms with van der Waals surface area (Å²) in [5.41, 5.74) is 5.67. The fraction of sp³-hybridized carbons (Fsp3) is 0.0833. The fourth-order valence-electron chi connectivity index (χ4n) is 1.67. The van der Waals surface area contributed by atoms with E-state index >= 15 is 0 Å². The van der Waals surface area contributed by atoms with E-state index in [1.54, 1.807) is 25.1 Å². The molecule has 5 nitrogen and oxygen atoms in total. The van der Waals surface area contributed by atoms with Crippen LogP contribution >= 0.6 is 0 Å². The van der Waals surface area contributed by atoms with Crippen molar-refractivity contribution in [1.82, 2.24) is 0 Å². The minimum Gasteiger partial charge on any atom is -0.458 e. The Morgan fingerprint density at radius 2 is 1.83 bits per heavy atom. The van der Waals surface area contributed by atoms with E-state index in [2.05, 4.69) is 0 Å². The van der Waals surface area contributed by atoms with Crippen LogP contribution in [0.5, 0.6) is 0 Å². The second kappa shape index (κ2) is 4.30. The zero-order valence-corrected chi connectivity index (χ0v) is 10.4. The Bertz CT molecular complexity index is 700. The Balaban J connectivity index is 2.67. The van der Waals surface area contributed by atoms with Crippen LogP contribution in [0.25, 0.3) is 0 Å². The summed E-state index contributed by atoms with van der Waals surface area (Å²) in [7, 11) is -3.80. The fourth-order valence-corrected chi connectivity index (χ4v) is 3.28. The summed E-state index contributed by atoms with van der Waals surface area (Å²) in [6.45, 7) is 1.68. The molecule has 0 radical (unpaired) electrons. The highest BCUT2D eigenvalue weighted by Crippen LogP contribution is 2.26. The molecule has 0 saturated carbocycles. The number of carbonyl (C=O) groups is 1. The minimum atomic E-state index is -3.80. The molecule has 0 unspecified atom stereocenters. The highest BCUT2D eigenvalue weighted by molar-refractivity contribution is 7.91. The van der Waals surface area contributed by atoms with Gasteiger partial charge >= 0.3 is 0 Å². The van der Waals surface area contributed by atoms with Crippen molar-refractivity contribution in [3.05, 3.63) is 47.9 Å². The number of amides is 1. The largest absolute Gasteiger partial charge is 0.458 e. The molecule has 1 aromatic carbocycles. The number of rotatable bonds is 3. The number of carbonyl (C=O) groups excluding carboxylic acids is 1. The molecule has 18 heavy (non-hydrogen) atoms. The summed E-state index contributed by atoms with van der Waals surface area (Å²) in [4.78, 5) is 11.0. The average molecular weight is 265 g/mol. The van der Waals surface area contributed by atoms with Crippen LogP contribution in [0.1, 0.15) is 16.1 Å². The molecule has 0 saturated heterocycles. The van der Waals surface area contributed by atoms with Gasteiger partial charge in [0.2, 0.25) is 15.6 Å². The third kappa shape index (κ3) is 1.91. The number of hydrogen-bond acceptors (Lipinski definition) is 4. The maximum Gasteiger partial charge on any atom is 0.285 e. The van der Waals surface area contributed by atoms with Crippen LogP contribution in [0.4, 0.5) is 0 Å². The van der Waals surface area contributed by atoms with Gasteiger partial charge in [0.05, 0.1) is 11.2 Å². The molecule has 0 aliphatic carbocycles. The Labute approximate surface area is 104 Å². The summed E-state index contributed by atoms with van der Waals surface area (Å²) in [5.74, 6) is -1.26. The molecule has 0 bridgehead atoms. The highest BCUT2D eigenvalue weighted by Gasteiger charge is 2.27. The summed E-state index contributed by atoms with van der Waals surface area (Å²) in [6, 6.07) is 7.73. The normalized spacial score (nSPS) is 11.4. The standard InChI is InChI=1S/C12H11NO4S/c1-8-4-2-3-5-9(8)18(15,16)10-6-7-17-11(10)12(13)14/h2-7H,1H3,(H2,13,14). The van der Waals surface area contributed by atoms with Crippen molar-refractivity contribution in [1.29, 1.82) is 0 Å². The van der Waals surface area contributed by atoms with Gasteiger partial charge < -0.3 is 10.2 Å². The second-order valence-electron chi connectivity index (χ2n) is 3.75. The van der Waals surface area contributed by atoms with Crippen LogP contribution in [0, 0.1) is 6.92 Å². The van der Waals surface area contributed by atoms with Crippen molar-refractivity contribution in [3.8, 4) is 0 Å². The molecular formula is C12H11NO4S. The predicted molar refractivity (Wildman–Crippen MR) is 63.9 cm³/mol. The highest BCUT2D eigenvalue weighted by atomic mass is 32.2. The summed E-state index contributed by atoms with van der Waals surface area (Å²) >= 11 is 0. The quantitative estimate of drug-likeness (QED) is 0.910. The van der Waals surface area contributed by atoms with Crippen LogP contribution < -0.4 is 5.73 Å². The van der Waals surface area contributed by atoms with Crippen molar-refractivity contribution in [2.45, 2.75) is 16.7 Å².